The lowest BCUT2D eigenvalue weighted by molar-refractivity contribution is -0.123. The second-order valence-electron chi connectivity index (χ2n) is 11.1. The van der Waals surface area contributed by atoms with Crippen LogP contribution in [0.1, 0.15) is 110 Å². The molecule has 7 heteroatoms. The molecule has 0 aliphatic rings. The molecule has 246 valence electrons. The largest absolute Gasteiger partial charge is 0.394 e. The molecule has 7 nitrogen and oxygen atoms in total. The van der Waals surface area contributed by atoms with Gasteiger partial charge in [-0.1, -0.05) is 138 Å². The van der Waals surface area contributed by atoms with Crippen LogP contribution in [0.2, 0.25) is 0 Å². The number of carbonyl (C=O) groups is 1. The van der Waals surface area contributed by atoms with Gasteiger partial charge in [0.1, 0.15) is 0 Å². The van der Waals surface area contributed by atoms with Gasteiger partial charge in [-0.3, -0.25) is 4.79 Å². The Kier molecular flexibility index (Phi) is 28.2. The third kappa shape index (κ3) is 25.9. The molecule has 43 heavy (non-hydrogen) atoms. The highest BCUT2D eigenvalue weighted by Gasteiger charge is 2.19. The third-order valence-corrected chi connectivity index (χ3v) is 7.04. The van der Waals surface area contributed by atoms with Gasteiger partial charge < -0.3 is 30.8 Å². The highest BCUT2D eigenvalue weighted by atomic mass is 16.3. The predicted molar refractivity (Wildman–Crippen MR) is 178 cm³/mol. The van der Waals surface area contributed by atoms with Crippen molar-refractivity contribution >= 4 is 5.91 Å². The standard InChI is InChI=1S/C36H61NO6/c1-3-5-7-8-9-10-11-12-13-17-21-26-33(40)32(30-38)37-36(43)29-23-28-35(42)34(41)27-22-18-15-14-16-20-25-31(39)24-19-6-4-2/h6,14-16,18-22,25-27,31-35,38-42H,3-5,7-13,17,23-24,28-30H2,1-2H3,(H,37,43)/b16-14+,18-15-,19-6-,25-20+,26-21+,27-22-/t31-,32-,33+,34+,35+/m0/s1. The lowest BCUT2D eigenvalue weighted by atomic mass is 10.1. The molecule has 0 unspecified atom stereocenters. The van der Waals surface area contributed by atoms with E-state index in [2.05, 4.69) is 12.2 Å². The molecule has 0 aromatic heterocycles. The topological polar surface area (TPSA) is 130 Å². The average molecular weight is 604 g/mol. The van der Waals surface area contributed by atoms with E-state index in [9.17, 15) is 30.3 Å². The Balaban J connectivity index is 4.16. The van der Waals surface area contributed by atoms with Crippen LogP contribution in [0.15, 0.2) is 72.9 Å². The monoisotopic (exact) mass is 603 g/mol. The molecule has 0 saturated carbocycles. The predicted octanol–water partition coefficient (Wildman–Crippen LogP) is 6.14. The maximum atomic E-state index is 12.3. The van der Waals surface area contributed by atoms with Crippen LogP contribution in [0.4, 0.5) is 0 Å². The maximum absolute atomic E-state index is 12.3. The van der Waals surface area contributed by atoms with E-state index in [0.717, 1.165) is 19.3 Å². The molecule has 0 aliphatic heterocycles. The molecule has 0 fully saturated rings. The number of unbranched alkanes of at least 4 members (excludes halogenated alkanes) is 9. The molecule has 1 amide bonds. The Labute approximate surface area is 261 Å². The first-order chi connectivity index (χ1) is 20.8. The number of nitrogens with one attached hydrogen (secondary N) is 1. The Morgan fingerprint density at radius 2 is 1.28 bits per heavy atom. The summed E-state index contributed by atoms with van der Waals surface area (Å²) in [5.41, 5.74) is 0. The molecule has 6 N–H and O–H groups in total. The molecule has 5 atom stereocenters. The van der Waals surface area contributed by atoms with Crippen molar-refractivity contribution in [1.82, 2.24) is 5.32 Å². The molecule has 0 aliphatic carbocycles. The van der Waals surface area contributed by atoms with Crippen LogP contribution in [-0.2, 0) is 4.79 Å². The summed E-state index contributed by atoms with van der Waals surface area (Å²) in [6.45, 7) is 3.90. The second-order valence-corrected chi connectivity index (χ2v) is 11.1. The molecular weight excluding hydrogens is 542 g/mol. The van der Waals surface area contributed by atoms with Crippen molar-refractivity contribution in [2.24, 2.45) is 0 Å². The first-order valence-electron chi connectivity index (χ1n) is 16.5. The van der Waals surface area contributed by atoms with Crippen LogP contribution in [0.5, 0.6) is 0 Å². The zero-order valence-electron chi connectivity index (χ0n) is 26.8. The van der Waals surface area contributed by atoms with Crippen LogP contribution in [0, 0.1) is 0 Å². The van der Waals surface area contributed by atoms with E-state index < -0.39 is 30.5 Å². The number of aliphatic hydroxyl groups is 5. The number of allylic oxidation sites excluding steroid dienone is 8. The van der Waals surface area contributed by atoms with Crippen LogP contribution < -0.4 is 5.32 Å². The Morgan fingerprint density at radius 3 is 1.91 bits per heavy atom. The van der Waals surface area contributed by atoms with Crippen molar-refractivity contribution in [2.75, 3.05) is 6.61 Å². The number of rotatable bonds is 27. The van der Waals surface area contributed by atoms with Crippen LogP contribution in [0.3, 0.4) is 0 Å². The molecule has 0 spiro atoms. The summed E-state index contributed by atoms with van der Waals surface area (Å²) in [6.07, 6.45) is 32.1. The van der Waals surface area contributed by atoms with Gasteiger partial charge in [0.15, 0.2) is 0 Å². The quantitative estimate of drug-likeness (QED) is 0.0380. The summed E-state index contributed by atoms with van der Waals surface area (Å²) in [6, 6.07) is -0.783. The van der Waals surface area contributed by atoms with E-state index in [4.69, 9.17) is 0 Å². The fraction of sp³-hybridized carbons (Fsp3) is 0.639. The van der Waals surface area contributed by atoms with Crippen molar-refractivity contribution in [1.29, 1.82) is 0 Å². The summed E-state index contributed by atoms with van der Waals surface area (Å²) in [7, 11) is 0. The Bertz CT molecular complexity index is 832. The van der Waals surface area contributed by atoms with Gasteiger partial charge in [-0.25, -0.2) is 0 Å². The normalized spacial score (nSPS) is 16.3. The van der Waals surface area contributed by atoms with Crippen molar-refractivity contribution in [2.45, 2.75) is 141 Å². The van der Waals surface area contributed by atoms with Gasteiger partial charge in [-0.05, 0) is 38.5 Å². The van der Waals surface area contributed by atoms with E-state index in [1.54, 1.807) is 48.6 Å². The van der Waals surface area contributed by atoms with Gasteiger partial charge in [0.05, 0.1) is 37.1 Å². The highest BCUT2D eigenvalue weighted by Crippen LogP contribution is 2.11. The van der Waals surface area contributed by atoms with Crippen LogP contribution in [0.25, 0.3) is 0 Å². The van der Waals surface area contributed by atoms with Gasteiger partial charge in [-0.2, -0.15) is 0 Å². The summed E-state index contributed by atoms with van der Waals surface area (Å²) in [5.74, 6) is -0.323. The number of hydrogen-bond donors (Lipinski definition) is 6. The van der Waals surface area contributed by atoms with Gasteiger partial charge in [0.2, 0.25) is 5.91 Å². The minimum absolute atomic E-state index is 0.112. The molecule has 0 aromatic carbocycles. The molecule has 0 aromatic rings. The van der Waals surface area contributed by atoms with Gasteiger partial charge in [0, 0.05) is 6.42 Å². The minimum atomic E-state index is -1.06. The highest BCUT2D eigenvalue weighted by molar-refractivity contribution is 5.76. The number of hydrogen-bond acceptors (Lipinski definition) is 6. The first kappa shape index (κ1) is 40.7. The van der Waals surface area contributed by atoms with Crippen molar-refractivity contribution in [3.8, 4) is 0 Å². The van der Waals surface area contributed by atoms with Crippen molar-refractivity contribution in [3.05, 3.63) is 72.9 Å². The summed E-state index contributed by atoms with van der Waals surface area (Å²) < 4.78 is 0. The lowest BCUT2D eigenvalue weighted by Gasteiger charge is -2.20. The molecule has 0 heterocycles. The molecular formula is C36H61NO6. The fourth-order valence-corrected chi connectivity index (χ4v) is 4.34. The third-order valence-electron chi connectivity index (χ3n) is 7.04. The van der Waals surface area contributed by atoms with Gasteiger partial charge >= 0.3 is 0 Å². The smallest absolute Gasteiger partial charge is 0.220 e. The lowest BCUT2D eigenvalue weighted by Crippen LogP contribution is -2.45. The Hall–Kier alpha value is -2.29. The zero-order chi connectivity index (χ0) is 32.0. The summed E-state index contributed by atoms with van der Waals surface area (Å²) >= 11 is 0. The van der Waals surface area contributed by atoms with Crippen molar-refractivity contribution in [3.63, 3.8) is 0 Å². The number of amides is 1. The molecule has 0 radical (unpaired) electrons. The summed E-state index contributed by atoms with van der Waals surface area (Å²) in [5, 5.41) is 52.7. The SMILES string of the molecule is CC/C=C\C[C@H](O)/C=C/C=C/C=C\C=C/[C@@H](O)[C@H](O)CCCC(=O)N[C@@H](CO)[C@H](O)/C=C/CCCCCCCCCCC. The second kappa shape index (κ2) is 29.8. The van der Waals surface area contributed by atoms with Crippen LogP contribution in [-0.4, -0.2) is 68.5 Å². The average Bonchev–Trinajstić information content (AvgIpc) is 2.99. The van der Waals surface area contributed by atoms with E-state index in [1.807, 2.05) is 25.2 Å². The van der Waals surface area contributed by atoms with E-state index in [1.165, 1.54) is 57.4 Å². The number of aliphatic hydroxyl groups excluding tert-OH is 5. The van der Waals surface area contributed by atoms with Crippen molar-refractivity contribution < 1.29 is 30.3 Å². The van der Waals surface area contributed by atoms with E-state index in [0.29, 0.717) is 12.8 Å². The number of carbonyl (C=O) groups excluding carboxylic acids is 1. The van der Waals surface area contributed by atoms with E-state index in [-0.39, 0.29) is 25.4 Å². The molecule has 0 bridgehead atoms. The van der Waals surface area contributed by atoms with E-state index >= 15 is 0 Å². The minimum Gasteiger partial charge on any atom is -0.394 e. The Morgan fingerprint density at radius 1 is 0.674 bits per heavy atom. The zero-order valence-corrected chi connectivity index (χ0v) is 26.8. The fourth-order valence-electron chi connectivity index (χ4n) is 4.34. The molecule has 0 saturated heterocycles. The summed E-state index contributed by atoms with van der Waals surface area (Å²) in [4.78, 5) is 12.3. The first-order valence-corrected chi connectivity index (χ1v) is 16.5. The van der Waals surface area contributed by atoms with Gasteiger partial charge in [-0.15, -0.1) is 0 Å². The van der Waals surface area contributed by atoms with Crippen LogP contribution >= 0.6 is 0 Å². The molecule has 0 rings (SSSR count). The maximum Gasteiger partial charge on any atom is 0.220 e. The van der Waals surface area contributed by atoms with Gasteiger partial charge in [0.25, 0.3) is 0 Å².